The molecule has 3 aliphatic heterocycles. The van der Waals surface area contributed by atoms with Crippen LogP contribution in [0, 0.1) is 11.3 Å². The van der Waals surface area contributed by atoms with E-state index in [0.29, 0.717) is 11.3 Å². The van der Waals surface area contributed by atoms with Crippen LogP contribution in [0.15, 0.2) is 35.3 Å². The Morgan fingerprint density at radius 2 is 2.11 bits per heavy atom. The van der Waals surface area contributed by atoms with E-state index in [1.54, 1.807) is 0 Å². The van der Waals surface area contributed by atoms with Crippen LogP contribution in [0.3, 0.4) is 0 Å². The molecule has 28 heavy (non-hydrogen) atoms. The molecular formula is C22H34IN3O2. The molecule has 0 aromatic heterocycles. The fourth-order valence-electron chi connectivity index (χ4n) is 4.76. The van der Waals surface area contributed by atoms with E-state index >= 15 is 0 Å². The Bertz CT molecular complexity index is 634. The van der Waals surface area contributed by atoms with Crippen molar-refractivity contribution in [1.29, 1.82) is 0 Å². The standard InChI is InChI=1S/C22H33N3O2.HI/c1-2-23-21(25-12-10-22(16-25)11-14-26-17-22)24-15-19-9-6-13-27-20(19)18-7-4-3-5-8-18;/h3-5,7-8,19-20H,2,6,9-17H2,1H3,(H,23,24);1H. The number of hydrogen-bond acceptors (Lipinski definition) is 3. The molecule has 1 N–H and O–H groups in total. The van der Waals surface area contributed by atoms with Gasteiger partial charge in [0.1, 0.15) is 0 Å². The molecule has 0 radical (unpaired) electrons. The first-order chi connectivity index (χ1) is 13.3. The summed E-state index contributed by atoms with van der Waals surface area (Å²) < 4.78 is 11.8. The second-order valence-corrected chi connectivity index (χ2v) is 8.27. The highest BCUT2D eigenvalue weighted by Gasteiger charge is 2.42. The molecule has 0 saturated carbocycles. The van der Waals surface area contributed by atoms with Crippen molar-refractivity contribution in [3.63, 3.8) is 0 Å². The molecule has 3 atom stereocenters. The normalized spacial score (nSPS) is 30.5. The molecular weight excluding hydrogens is 465 g/mol. The van der Waals surface area contributed by atoms with Crippen LogP contribution in [0.4, 0.5) is 0 Å². The third-order valence-electron chi connectivity index (χ3n) is 6.31. The predicted molar refractivity (Wildman–Crippen MR) is 123 cm³/mol. The summed E-state index contributed by atoms with van der Waals surface area (Å²) >= 11 is 0. The highest BCUT2D eigenvalue weighted by molar-refractivity contribution is 14.0. The van der Waals surface area contributed by atoms with Crippen molar-refractivity contribution < 1.29 is 9.47 Å². The summed E-state index contributed by atoms with van der Waals surface area (Å²) in [6.07, 6.45) is 4.89. The van der Waals surface area contributed by atoms with E-state index in [9.17, 15) is 0 Å². The zero-order chi connectivity index (χ0) is 18.5. The minimum Gasteiger partial charge on any atom is -0.381 e. The summed E-state index contributed by atoms with van der Waals surface area (Å²) in [5.74, 6) is 1.51. The largest absolute Gasteiger partial charge is 0.381 e. The topological polar surface area (TPSA) is 46.1 Å². The van der Waals surface area contributed by atoms with E-state index in [4.69, 9.17) is 14.5 Å². The van der Waals surface area contributed by atoms with Crippen LogP contribution < -0.4 is 5.32 Å². The Morgan fingerprint density at radius 1 is 1.25 bits per heavy atom. The Kier molecular flexibility index (Phi) is 8.00. The molecule has 4 rings (SSSR count). The number of rotatable bonds is 4. The average molecular weight is 499 g/mol. The van der Waals surface area contributed by atoms with E-state index in [1.165, 1.54) is 24.8 Å². The Hall–Kier alpha value is -0.860. The van der Waals surface area contributed by atoms with Crippen molar-refractivity contribution in [3.8, 4) is 0 Å². The molecule has 3 unspecified atom stereocenters. The number of benzene rings is 1. The van der Waals surface area contributed by atoms with Crippen LogP contribution in [-0.4, -0.2) is 56.9 Å². The summed E-state index contributed by atoms with van der Waals surface area (Å²) in [5, 5.41) is 3.52. The lowest BCUT2D eigenvalue weighted by Crippen LogP contribution is -2.42. The lowest BCUT2D eigenvalue weighted by atomic mass is 9.87. The second kappa shape index (κ2) is 10.3. The van der Waals surface area contributed by atoms with Gasteiger partial charge >= 0.3 is 0 Å². The van der Waals surface area contributed by atoms with Crippen molar-refractivity contribution in [2.24, 2.45) is 16.3 Å². The third-order valence-corrected chi connectivity index (χ3v) is 6.31. The van der Waals surface area contributed by atoms with Crippen LogP contribution in [0.25, 0.3) is 0 Å². The van der Waals surface area contributed by atoms with Crippen LogP contribution >= 0.6 is 24.0 Å². The smallest absolute Gasteiger partial charge is 0.193 e. The van der Waals surface area contributed by atoms with Crippen molar-refractivity contribution in [3.05, 3.63) is 35.9 Å². The van der Waals surface area contributed by atoms with Crippen molar-refractivity contribution in [1.82, 2.24) is 10.2 Å². The van der Waals surface area contributed by atoms with Crippen molar-refractivity contribution in [2.75, 3.05) is 46.0 Å². The fourth-order valence-corrected chi connectivity index (χ4v) is 4.76. The molecule has 156 valence electrons. The van der Waals surface area contributed by atoms with E-state index in [2.05, 4.69) is 47.5 Å². The quantitative estimate of drug-likeness (QED) is 0.389. The number of nitrogens with one attached hydrogen (secondary N) is 1. The first-order valence-corrected chi connectivity index (χ1v) is 10.6. The summed E-state index contributed by atoms with van der Waals surface area (Å²) in [4.78, 5) is 7.50. The van der Waals surface area contributed by atoms with Crippen LogP contribution in [-0.2, 0) is 9.47 Å². The van der Waals surface area contributed by atoms with Gasteiger partial charge in [-0.25, -0.2) is 0 Å². The van der Waals surface area contributed by atoms with Gasteiger partial charge < -0.3 is 19.7 Å². The molecule has 1 aromatic rings. The van der Waals surface area contributed by atoms with E-state index in [0.717, 1.165) is 58.4 Å². The van der Waals surface area contributed by atoms with Gasteiger partial charge in [-0.15, -0.1) is 24.0 Å². The van der Waals surface area contributed by atoms with Gasteiger partial charge in [0.2, 0.25) is 0 Å². The lowest BCUT2D eigenvalue weighted by molar-refractivity contribution is -0.0250. The van der Waals surface area contributed by atoms with E-state index in [-0.39, 0.29) is 30.1 Å². The number of guanidine groups is 1. The van der Waals surface area contributed by atoms with Gasteiger partial charge in [0, 0.05) is 50.7 Å². The van der Waals surface area contributed by atoms with Crippen LogP contribution in [0.1, 0.15) is 44.3 Å². The van der Waals surface area contributed by atoms with Gasteiger partial charge in [-0.1, -0.05) is 30.3 Å². The van der Waals surface area contributed by atoms with Crippen molar-refractivity contribution >= 4 is 29.9 Å². The van der Waals surface area contributed by atoms with Gasteiger partial charge in [0.15, 0.2) is 5.96 Å². The molecule has 0 aliphatic carbocycles. The number of ether oxygens (including phenoxy) is 2. The highest BCUT2D eigenvalue weighted by atomic mass is 127. The number of halogens is 1. The number of likely N-dealkylation sites (tertiary alicyclic amines) is 1. The number of aliphatic imine (C=N–C) groups is 1. The van der Waals surface area contributed by atoms with Gasteiger partial charge in [0.25, 0.3) is 0 Å². The maximum Gasteiger partial charge on any atom is 0.193 e. The first kappa shape index (κ1) is 21.8. The highest BCUT2D eigenvalue weighted by Crippen LogP contribution is 2.38. The van der Waals surface area contributed by atoms with Crippen LogP contribution in [0.5, 0.6) is 0 Å². The maximum absolute atomic E-state index is 6.15. The van der Waals surface area contributed by atoms with Crippen LogP contribution in [0.2, 0.25) is 0 Å². The molecule has 1 aromatic carbocycles. The third kappa shape index (κ3) is 5.00. The Labute approximate surface area is 186 Å². The minimum atomic E-state index is 0. The zero-order valence-electron chi connectivity index (χ0n) is 16.9. The average Bonchev–Trinajstić information content (AvgIpc) is 3.36. The molecule has 0 bridgehead atoms. The fraction of sp³-hybridized carbons (Fsp3) is 0.682. The van der Waals surface area contributed by atoms with Crippen molar-refractivity contribution in [2.45, 2.75) is 38.7 Å². The molecule has 3 saturated heterocycles. The summed E-state index contributed by atoms with van der Waals surface area (Å²) in [7, 11) is 0. The molecule has 3 heterocycles. The molecule has 6 heteroatoms. The molecule has 1 spiro atoms. The molecule has 0 amide bonds. The maximum atomic E-state index is 6.15. The summed E-state index contributed by atoms with van der Waals surface area (Å²) in [6.45, 7) is 8.71. The van der Waals surface area contributed by atoms with Gasteiger partial charge in [-0.05, 0) is 38.2 Å². The van der Waals surface area contributed by atoms with E-state index in [1.807, 2.05) is 0 Å². The number of nitrogens with zero attached hydrogens (tertiary/aromatic N) is 2. The molecule has 3 aliphatic rings. The lowest BCUT2D eigenvalue weighted by Gasteiger charge is -2.32. The summed E-state index contributed by atoms with van der Waals surface area (Å²) in [6, 6.07) is 10.6. The van der Waals surface area contributed by atoms with Gasteiger partial charge in [0.05, 0.1) is 12.7 Å². The Morgan fingerprint density at radius 3 is 2.86 bits per heavy atom. The molecule has 3 fully saturated rings. The predicted octanol–water partition coefficient (Wildman–Crippen LogP) is 3.85. The SMILES string of the molecule is CCNC(=NCC1CCCOC1c1ccccc1)N1CCC2(CCOC2)C1.I. The minimum absolute atomic E-state index is 0. The van der Waals surface area contributed by atoms with Gasteiger partial charge in [-0.2, -0.15) is 0 Å². The monoisotopic (exact) mass is 499 g/mol. The Balaban J connectivity index is 0.00000225. The second-order valence-electron chi connectivity index (χ2n) is 8.27. The summed E-state index contributed by atoms with van der Waals surface area (Å²) in [5.41, 5.74) is 1.64. The van der Waals surface area contributed by atoms with E-state index < -0.39 is 0 Å². The molecule has 5 nitrogen and oxygen atoms in total. The van der Waals surface area contributed by atoms with Gasteiger partial charge in [-0.3, -0.25) is 4.99 Å². The number of hydrogen-bond donors (Lipinski definition) is 1. The first-order valence-electron chi connectivity index (χ1n) is 10.6. The zero-order valence-corrected chi connectivity index (χ0v) is 19.3.